The first-order valence-electron chi connectivity index (χ1n) is 7.61. The molecule has 0 aliphatic carbocycles. The highest BCUT2D eigenvalue weighted by Crippen LogP contribution is 2.14. The van der Waals surface area contributed by atoms with Gasteiger partial charge in [0.25, 0.3) is 0 Å². The highest BCUT2D eigenvalue weighted by molar-refractivity contribution is 5.13. The minimum atomic E-state index is 0.433. The van der Waals surface area contributed by atoms with Gasteiger partial charge >= 0.3 is 0 Å². The fourth-order valence-electron chi connectivity index (χ4n) is 2.00. The van der Waals surface area contributed by atoms with Gasteiger partial charge in [-0.2, -0.15) is 5.10 Å². The van der Waals surface area contributed by atoms with E-state index in [1.165, 1.54) is 0 Å². The number of aromatic nitrogens is 2. The predicted molar refractivity (Wildman–Crippen MR) is 82.1 cm³/mol. The van der Waals surface area contributed by atoms with E-state index in [0.717, 1.165) is 43.3 Å². The van der Waals surface area contributed by atoms with Gasteiger partial charge in [-0.1, -0.05) is 20.8 Å². The first-order chi connectivity index (χ1) is 10.2. The van der Waals surface area contributed by atoms with Gasteiger partial charge in [0.05, 0.1) is 18.9 Å². The lowest BCUT2D eigenvalue weighted by Gasteiger charge is -2.05. The van der Waals surface area contributed by atoms with Gasteiger partial charge in [-0.3, -0.25) is 4.68 Å². The maximum atomic E-state index is 5.73. The Morgan fingerprint density at radius 3 is 2.90 bits per heavy atom. The van der Waals surface area contributed by atoms with Crippen molar-refractivity contribution >= 4 is 0 Å². The van der Waals surface area contributed by atoms with Crippen molar-refractivity contribution in [3.63, 3.8) is 0 Å². The smallest absolute Gasteiger partial charge is 0.157 e. The maximum Gasteiger partial charge on any atom is 0.157 e. The molecular formula is C16H25N3O2. The summed E-state index contributed by atoms with van der Waals surface area (Å²) >= 11 is 0. The summed E-state index contributed by atoms with van der Waals surface area (Å²) in [4.78, 5) is 0. The Bertz CT molecular complexity index is 531. The van der Waals surface area contributed by atoms with Crippen LogP contribution >= 0.6 is 0 Å². The monoisotopic (exact) mass is 291 g/mol. The van der Waals surface area contributed by atoms with Crippen LogP contribution < -0.4 is 10.1 Å². The Kier molecular flexibility index (Phi) is 5.87. The van der Waals surface area contributed by atoms with Crippen LogP contribution in [0.15, 0.2) is 28.9 Å². The van der Waals surface area contributed by atoms with Gasteiger partial charge in [0.15, 0.2) is 5.75 Å². The van der Waals surface area contributed by atoms with Crippen LogP contribution in [0.4, 0.5) is 0 Å². The lowest BCUT2D eigenvalue weighted by atomic mass is 10.2. The molecule has 0 spiro atoms. The van der Waals surface area contributed by atoms with Crippen LogP contribution in [0, 0.1) is 5.92 Å². The maximum absolute atomic E-state index is 5.73. The zero-order chi connectivity index (χ0) is 15.1. The zero-order valence-corrected chi connectivity index (χ0v) is 13.1. The van der Waals surface area contributed by atoms with Crippen LogP contribution in [0.3, 0.4) is 0 Å². The molecule has 21 heavy (non-hydrogen) atoms. The number of hydrogen-bond acceptors (Lipinski definition) is 4. The topological polar surface area (TPSA) is 52.2 Å². The molecule has 2 rings (SSSR count). The van der Waals surface area contributed by atoms with Crippen LogP contribution in [-0.4, -0.2) is 16.3 Å². The average molecular weight is 291 g/mol. The Morgan fingerprint density at radius 2 is 2.14 bits per heavy atom. The summed E-state index contributed by atoms with van der Waals surface area (Å²) in [6.07, 6.45) is 4.72. The van der Waals surface area contributed by atoms with E-state index in [1.807, 2.05) is 23.0 Å². The average Bonchev–Trinajstić information content (AvgIpc) is 3.06. The lowest BCUT2D eigenvalue weighted by molar-refractivity contribution is 0.264. The summed E-state index contributed by atoms with van der Waals surface area (Å²) in [7, 11) is 0. The molecule has 0 amide bonds. The summed E-state index contributed by atoms with van der Waals surface area (Å²) in [5.41, 5.74) is 0. The van der Waals surface area contributed by atoms with Crippen LogP contribution in [-0.2, 0) is 19.7 Å². The fourth-order valence-corrected chi connectivity index (χ4v) is 2.00. The first-order valence-corrected chi connectivity index (χ1v) is 7.61. The van der Waals surface area contributed by atoms with E-state index in [0.29, 0.717) is 12.5 Å². The van der Waals surface area contributed by atoms with Gasteiger partial charge in [-0.05, 0) is 31.0 Å². The molecule has 0 atom stereocenters. The van der Waals surface area contributed by atoms with Crippen molar-refractivity contribution in [2.24, 2.45) is 5.92 Å². The van der Waals surface area contributed by atoms with Crippen molar-refractivity contribution in [3.8, 4) is 5.75 Å². The second-order valence-corrected chi connectivity index (χ2v) is 5.62. The summed E-state index contributed by atoms with van der Waals surface area (Å²) in [6, 6.07) is 3.95. The van der Waals surface area contributed by atoms with Gasteiger partial charge < -0.3 is 14.5 Å². The Labute approximate surface area is 126 Å². The molecule has 2 heterocycles. The molecule has 0 unspecified atom stereocenters. The molecule has 0 aliphatic rings. The van der Waals surface area contributed by atoms with Crippen molar-refractivity contribution < 1.29 is 9.15 Å². The molecular weight excluding hydrogens is 266 g/mol. The highest BCUT2D eigenvalue weighted by atomic mass is 16.5. The molecule has 0 bridgehead atoms. The van der Waals surface area contributed by atoms with Crippen LogP contribution in [0.2, 0.25) is 0 Å². The van der Waals surface area contributed by atoms with Gasteiger partial charge in [0.2, 0.25) is 0 Å². The quantitative estimate of drug-likeness (QED) is 0.771. The molecule has 1 N–H and O–H groups in total. The van der Waals surface area contributed by atoms with Crippen LogP contribution in [0.25, 0.3) is 0 Å². The van der Waals surface area contributed by atoms with E-state index in [2.05, 4.69) is 31.2 Å². The molecule has 0 saturated heterocycles. The molecule has 0 fully saturated rings. The highest BCUT2D eigenvalue weighted by Gasteiger charge is 2.05. The summed E-state index contributed by atoms with van der Waals surface area (Å²) in [6.45, 7) is 9.59. The summed E-state index contributed by atoms with van der Waals surface area (Å²) in [5.74, 6) is 3.19. The van der Waals surface area contributed by atoms with E-state index in [1.54, 1.807) is 6.20 Å². The number of nitrogens with zero attached hydrogens (tertiary/aromatic N) is 2. The van der Waals surface area contributed by atoms with Gasteiger partial charge in [0, 0.05) is 6.54 Å². The number of aryl methyl sites for hydroxylation is 1. The fraction of sp³-hybridized carbons (Fsp3) is 0.562. The zero-order valence-electron chi connectivity index (χ0n) is 13.1. The Hall–Kier alpha value is -1.75. The number of rotatable bonds is 9. The third kappa shape index (κ3) is 5.27. The predicted octanol–water partition coefficient (Wildman–Crippen LogP) is 3.21. The molecule has 5 nitrogen and oxygen atoms in total. The van der Waals surface area contributed by atoms with Crippen molar-refractivity contribution in [1.82, 2.24) is 15.1 Å². The minimum absolute atomic E-state index is 0.433. The third-order valence-corrected chi connectivity index (χ3v) is 3.01. The Balaban J connectivity index is 1.76. The number of hydrogen-bond donors (Lipinski definition) is 1. The molecule has 116 valence electrons. The van der Waals surface area contributed by atoms with Crippen molar-refractivity contribution in [2.45, 2.75) is 46.9 Å². The van der Waals surface area contributed by atoms with E-state index < -0.39 is 0 Å². The molecule has 0 radical (unpaired) electrons. The normalized spacial score (nSPS) is 11.2. The second-order valence-electron chi connectivity index (χ2n) is 5.62. The summed E-state index contributed by atoms with van der Waals surface area (Å²) in [5, 5.41) is 7.59. The number of nitrogens with one attached hydrogen (secondary N) is 1. The van der Waals surface area contributed by atoms with Crippen molar-refractivity contribution in [2.75, 3.05) is 6.54 Å². The van der Waals surface area contributed by atoms with Gasteiger partial charge in [-0.15, -0.1) is 0 Å². The third-order valence-electron chi connectivity index (χ3n) is 3.01. The van der Waals surface area contributed by atoms with Crippen LogP contribution in [0.5, 0.6) is 5.75 Å². The largest absolute Gasteiger partial charge is 0.482 e. The van der Waals surface area contributed by atoms with E-state index in [-0.39, 0.29) is 0 Å². The van der Waals surface area contributed by atoms with Crippen molar-refractivity contribution in [1.29, 1.82) is 0 Å². The molecule has 0 saturated carbocycles. The minimum Gasteiger partial charge on any atom is -0.482 e. The second kappa shape index (κ2) is 7.88. The van der Waals surface area contributed by atoms with E-state index in [9.17, 15) is 0 Å². The molecule has 2 aromatic rings. The summed E-state index contributed by atoms with van der Waals surface area (Å²) < 4.78 is 13.3. The van der Waals surface area contributed by atoms with Gasteiger partial charge in [-0.25, -0.2) is 0 Å². The molecule has 5 heteroatoms. The Morgan fingerprint density at radius 1 is 1.33 bits per heavy atom. The van der Waals surface area contributed by atoms with Crippen LogP contribution in [0.1, 0.15) is 38.7 Å². The van der Waals surface area contributed by atoms with E-state index >= 15 is 0 Å². The SMILES string of the molecule is CCCn1cc(OCc2ccc(CNCC(C)C)o2)cn1. The number of furan rings is 1. The number of ether oxygens (including phenoxy) is 1. The van der Waals surface area contributed by atoms with Crippen molar-refractivity contribution in [3.05, 3.63) is 36.0 Å². The first kappa shape index (κ1) is 15.6. The lowest BCUT2D eigenvalue weighted by Crippen LogP contribution is -2.18. The van der Waals surface area contributed by atoms with Gasteiger partial charge in [0.1, 0.15) is 18.1 Å². The molecule has 0 aliphatic heterocycles. The molecule has 0 aromatic carbocycles. The standard InChI is InChI=1S/C16H25N3O2/c1-4-7-19-11-16(10-18-19)20-12-15-6-5-14(21-15)9-17-8-13(2)3/h5-6,10-11,13,17H,4,7-9,12H2,1-3H3. The molecule has 2 aromatic heterocycles. The van der Waals surface area contributed by atoms with E-state index in [4.69, 9.17) is 9.15 Å².